The van der Waals surface area contributed by atoms with Gasteiger partial charge < -0.3 is 14.6 Å². The van der Waals surface area contributed by atoms with Gasteiger partial charge in [0.25, 0.3) is 0 Å². The molecule has 160 valence electrons. The summed E-state index contributed by atoms with van der Waals surface area (Å²) in [5, 5.41) is 11.2. The number of aliphatic hydroxyl groups is 1. The molecule has 0 saturated carbocycles. The van der Waals surface area contributed by atoms with Crippen molar-refractivity contribution in [1.82, 2.24) is 0 Å². The molecule has 1 aliphatic rings. The third-order valence-electron chi connectivity index (χ3n) is 4.02. The zero-order valence-corrected chi connectivity index (χ0v) is 20.6. The van der Waals surface area contributed by atoms with Crippen molar-refractivity contribution in [3.05, 3.63) is 85.9 Å². The molecule has 31 heavy (non-hydrogen) atoms. The largest absolute Gasteiger partial charge is 0.506 e. The number of hydrogen-bond acceptors (Lipinski definition) is 6. The first-order valence-electron chi connectivity index (χ1n) is 9.31. The monoisotopic (exact) mass is 563 g/mol. The van der Waals surface area contributed by atoms with E-state index in [4.69, 9.17) is 9.47 Å². The van der Waals surface area contributed by atoms with E-state index in [9.17, 15) is 9.90 Å². The number of ether oxygens (including phenoxy) is 2. The standard InChI is InChI=1S/C23H19Br2NO4S/c1-3-10-30-21-16(24)11-14(12-17(21)25)13-18-20(27)19(23(28)29-4-2)22(31-18)26-15-8-6-5-7-9-15/h3,5-9,11-13,27H,1,4,10H2,2H3/b18-13-,26-22?. The molecule has 2 aromatic carbocycles. The molecule has 0 unspecified atom stereocenters. The number of benzene rings is 2. The van der Waals surface area contributed by atoms with Crippen LogP contribution in [0.3, 0.4) is 0 Å². The van der Waals surface area contributed by atoms with Crippen LogP contribution in [0.1, 0.15) is 12.5 Å². The van der Waals surface area contributed by atoms with Gasteiger partial charge in [0.05, 0.1) is 26.1 Å². The summed E-state index contributed by atoms with van der Waals surface area (Å²) in [6.07, 6.45) is 3.44. The van der Waals surface area contributed by atoms with Crippen LogP contribution in [-0.2, 0) is 9.53 Å². The van der Waals surface area contributed by atoms with Crippen LogP contribution >= 0.6 is 43.6 Å². The molecule has 0 amide bonds. The Balaban J connectivity index is 2.01. The Hall–Kier alpha value is -2.29. The number of para-hydroxylation sites is 1. The van der Waals surface area contributed by atoms with E-state index in [1.54, 1.807) is 19.1 Å². The third kappa shape index (κ3) is 5.70. The van der Waals surface area contributed by atoms with E-state index in [1.165, 1.54) is 11.8 Å². The zero-order valence-electron chi connectivity index (χ0n) is 16.6. The van der Waals surface area contributed by atoms with E-state index in [-0.39, 0.29) is 17.9 Å². The molecule has 0 saturated heterocycles. The van der Waals surface area contributed by atoms with Gasteiger partial charge in [0.15, 0.2) is 0 Å². The highest BCUT2D eigenvalue weighted by atomic mass is 79.9. The number of hydrogen-bond donors (Lipinski definition) is 1. The highest BCUT2D eigenvalue weighted by Crippen LogP contribution is 2.42. The van der Waals surface area contributed by atoms with Crippen molar-refractivity contribution in [2.24, 2.45) is 4.99 Å². The number of carbonyl (C=O) groups is 1. The van der Waals surface area contributed by atoms with Crippen molar-refractivity contribution < 1.29 is 19.4 Å². The summed E-state index contributed by atoms with van der Waals surface area (Å²) in [6, 6.07) is 13.0. The van der Waals surface area contributed by atoms with Gasteiger partial charge in [0.1, 0.15) is 28.7 Å². The van der Waals surface area contributed by atoms with Crippen LogP contribution in [0.25, 0.3) is 6.08 Å². The second-order valence-corrected chi connectivity index (χ2v) is 8.96. The number of carbonyl (C=O) groups excluding carboxylic acids is 1. The second kappa shape index (κ2) is 10.8. The topological polar surface area (TPSA) is 68.1 Å². The molecule has 0 aromatic heterocycles. The lowest BCUT2D eigenvalue weighted by molar-refractivity contribution is -0.138. The lowest BCUT2D eigenvalue weighted by atomic mass is 10.1. The van der Waals surface area contributed by atoms with E-state index in [0.717, 1.165) is 14.5 Å². The first-order chi connectivity index (χ1) is 14.9. The maximum absolute atomic E-state index is 12.5. The van der Waals surface area contributed by atoms with Gasteiger partial charge in [-0.25, -0.2) is 9.79 Å². The molecule has 0 atom stereocenters. The van der Waals surface area contributed by atoms with Gasteiger partial charge in [0, 0.05) is 0 Å². The molecule has 0 fully saturated rings. The van der Waals surface area contributed by atoms with E-state index in [2.05, 4.69) is 43.4 Å². The lowest BCUT2D eigenvalue weighted by Gasteiger charge is -2.10. The van der Waals surface area contributed by atoms with Crippen LogP contribution in [-0.4, -0.2) is 29.3 Å². The van der Waals surface area contributed by atoms with Crippen molar-refractivity contribution in [2.75, 3.05) is 13.2 Å². The molecule has 2 aromatic rings. The number of rotatable bonds is 7. The Morgan fingerprint density at radius 1 is 1.23 bits per heavy atom. The van der Waals surface area contributed by atoms with Gasteiger partial charge in [-0.1, -0.05) is 42.6 Å². The van der Waals surface area contributed by atoms with Crippen LogP contribution in [0.2, 0.25) is 0 Å². The highest BCUT2D eigenvalue weighted by Gasteiger charge is 2.33. The maximum atomic E-state index is 12.5. The molecular weight excluding hydrogens is 546 g/mol. The van der Waals surface area contributed by atoms with Gasteiger partial charge in [-0.05, 0) is 74.7 Å². The quantitative estimate of drug-likeness (QED) is 0.290. The average Bonchev–Trinajstić information content (AvgIpc) is 3.03. The van der Waals surface area contributed by atoms with E-state index < -0.39 is 5.97 Å². The smallest absolute Gasteiger partial charge is 0.344 e. The normalized spacial score (nSPS) is 16.1. The molecule has 0 spiro atoms. The molecule has 1 N–H and O–H groups in total. The molecule has 5 nitrogen and oxygen atoms in total. The Morgan fingerprint density at radius 3 is 2.52 bits per heavy atom. The lowest BCUT2D eigenvalue weighted by Crippen LogP contribution is -2.12. The Bertz CT molecular complexity index is 1070. The van der Waals surface area contributed by atoms with Crippen molar-refractivity contribution in [1.29, 1.82) is 0 Å². The fourth-order valence-corrected chi connectivity index (χ4v) is 5.19. The summed E-state index contributed by atoms with van der Waals surface area (Å²) in [4.78, 5) is 17.5. The average molecular weight is 565 g/mol. The van der Waals surface area contributed by atoms with Gasteiger partial charge in [-0.3, -0.25) is 0 Å². The first kappa shape index (κ1) is 23.4. The Labute approximate surface area is 201 Å². The molecule has 0 aliphatic carbocycles. The summed E-state index contributed by atoms with van der Waals surface area (Å²) >= 11 is 8.23. The summed E-state index contributed by atoms with van der Waals surface area (Å²) < 4.78 is 12.3. The summed E-state index contributed by atoms with van der Waals surface area (Å²) in [5.41, 5.74) is 1.53. The number of nitrogens with zero attached hydrogens (tertiary/aromatic N) is 1. The number of thioether (sulfide) groups is 1. The predicted octanol–water partition coefficient (Wildman–Crippen LogP) is 6.97. The van der Waals surface area contributed by atoms with Crippen molar-refractivity contribution in [3.8, 4) is 5.75 Å². The van der Waals surface area contributed by atoms with Crippen LogP contribution in [0.4, 0.5) is 5.69 Å². The van der Waals surface area contributed by atoms with Crippen LogP contribution < -0.4 is 4.74 Å². The zero-order chi connectivity index (χ0) is 22.4. The minimum Gasteiger partial charge on any atom is -0.506 e. The highest BCUT2D eigenvalue weighted by molar-refractivity contribution is 9.11. The van der Waals surface area contributed by atoms with E-state index in [0.29, 0.717) is 28.0 Å². The molecule has 0 bridgehead atoms. The van der Waals surface area contributed by atoms with Gasteiger partial charge in [0.2, 0.25) is 0 Å². The van der Waals surface area contributed by atoms with Crippen LogP contribution in [0.15, 0.2) is 85.3 Å². The summed E-state index contributed by atoms with van der Waals surface area (Å²) in [6.45, 7) is 5.94. The van der Waals surface area contributed by atoms with Crippen molar-refractivity contribution in [2.45, 2.75) is 6.92 Å². The molecule has 8 heteroatoms. The Kier molecular flexibility index (Phi) is 8.17. The second-order valence-electron chi connectivity index (χ2n) is 6.22. The number of halogens is 2. The van der Waals surface area contributed by atoms with Gasteiger partial charge in [-0.15, -0.1) is 0 Å². The minimum atomic E-state index is -0.610. The molecule has 3 rings (SSSR count). The van der Waals surface area contributed by atoms with Crippen LogP contribution in [0, 0.1) is 0 Å². The minimum absolute atomic E-state index is 0.0611. The van der Waals surface area contributed by atoms with Crippen LogP contribution in [0.5, 0.6) is 5.75 Å². The summed E-state index contributed by atoms with van der Waals surface area (Å²) in [7, 11) is 0. The van der Waals surface area contributed by atoms with Crippen molar-refractivity contribution in [3.63, 3.8) is 0 Å². The molecular formula is C23H19Br2NO4S. The number of aliphatic hydroxyl groups excluding tert-OH is 1. The summed E-state index contributed by atoms with van der Waals surface area (Å²) in [5.74, 6) is -0.113. The fourth-order valence-electron chi connectivity index (χ4n) is 2.71. The molecule has 1 heterocycles. The maximum Gasteiger partial charge on any atom is 0.344 e. The molecule has 0 radical (unpaired) electrons. The third-order valence-corrected chi connectivity index (χ3v) is 6.22. The Morgan fingerprint density at radius 2 is 1.90 bits per heavy atom. The van der Waals surface area contributed by atoms with E-state index in [1.807, 2.05) is 42.5 Å². The van der Waals surface area contributed by atoms with Crippen molar-refractivity contribution >= 4 is 66.4 Å². The van der Waals surface area contributed by atoms with E-state index >= 15 is 0 Å². The number of aliphatic imine (C=N–C) groups is 1. The fraction of sp³-hybridized carbons (Fsp3) is 0.130. The first-order valence-corrected chi connectivity index (χ1v) is 11.7. The number of esters is 1. The molecule has 1 aliphatic heterocycles. The van der Waals surface area contributed by atoms with Gasteiger partial charge >= 0.3 is 5.97 Å². The van der Waals surface area contributed by atoms with Gasteiger partial charge in [-0.2, -0.15) is 0 Å². The SMILES string of the molecule is C=CCOc1c(Br)cc(/C=C2\SC(=Nc3ccccc3)C(C(=O)OCC)=C2O)cc1Br. The predicted molar refractivity (Wildman–Crippen MR) is 133 cm³/mol.